The molecule has 1 aromatic heterocycles. The van der Waals surface area contributed by atoms with Crippen LogP contribution in [0.5, 0.6) is 0 Å². The molecule has 0 bridgehead atoms. The predicted molar refractivity (Wildman–Crippen MR) is 75.6 cm³/mol. The van der Waals surface area contributed by atoms with E-state index in [1.54, 1.807) is 6.26 Å². The van der Waals surface area contributed by atoms with Gasteiger partial charge in [-0.1, -0.05) is 0 Å². The molecule has 0 unspecified atom stereocenters. The lowest BCUT2D eigenvalue weighted by atomic mass is 10.2. The van der Waals surface area contributed by atoms with Crippen molar-refractivity contribution in [2.75, 3.05) is 12.9 Å². The highest BCUT2D eigenvalue weighted by Crippen LogP contribution is 2.38. The number of nitrogens with one attached hydrogen (secondary N) is 1. The number of thioether (sulfide) groups is 1. The maximum absolute atomic E-state index is 11.8. The van der Waals surface area contributed by atoms with Crippen LogP contribution in [-0.4, -0.2) is 49.5 Å². The summed E-state index contributed by atoms with van der Waals surface area (Å²) >= 11 is 1.14. The molecule has 0 aliphatic carbocycles. The lowest BCUT2D eigenvalue weighted by molar-refractivity contribution is -0.0453. The number of nitrogens with zero attached hydrogens (tertiary/aromatic N) is 1. The first-order valence-electron chi connectivity index (χ1n) is 6.14. The minimum Gasteiger partial charge on any atom is -0.390 e. The second kappa shape index (κ2) is 6.67. The quantitative estimate of drug-likeness (QED) is 0.386. The highest BCUT2D eigenvalue weighted by atomic mass is 32.2. The van der Waals surface area contributed by atoms with Crippen molar-refractivity contribution in [3.63, 3.8) is 0 Å². The predicted octanol–water partition coefficient (Wildman–Crippen LogP) is -0.984. The number of hydrogen-bond acceptors (Lipinski definition) is 7. The molecule has 0 amide bonds. The van der Waals surface area contributed by atoms with Crippen molar-refractivity contribution < 1.29 is 28.7 Å². The number of phosphoric ester groups is 1. The van der Waals surface area contributed by atoms with Gasteiger partial charge in [0.05, 0.1) is 17.6 Å². The Morgan fingerprint density at radius 1 is 1.55 bits per heavy atom. The third kappa shape index (κ3) is 4.07. The monoisotopic (exact) mass is 354 g/mol. The fraction of sp³-hybridized carbons (Fsp3) is 0.600. The summed E-state index contributed by atoms with van der Waals surface area (Å²) in [6, 6.07) is 0. The molecule has 1 fully saturated rings. The molecule has 0 radical (unpaired) electrons. The molecule has 0 saturated carbocycles. The summed E-state index contributed by atoms with van der Waals surface area (Å²) in [5.41, 5.74) is -1.22. The number of aliphatic hydroxyl groups is 1. The standard InChI is InChI=1S/C10H15N2O8PS/c1-22-7-3-12(10(15)11-9(7)14)8-2-5(13)6(20-8)4-19-21(16,17)18/h3,5-6,8,13H,2,4H2,1H3,(H,11,14,15)(H2,16,17,18)/t5-,6+,8+/m0/s1. The van der Waals surface area contributed by atoms with Crippen molar-refractivity contribution in [3.8, 4) is 0 Å². The normalized spacial score (nSPS) is 25.5. The zero-order chi connectivity index (χ0) is 16.5. The largest absolute Gasteiger partial charge is 0.469 e. The number of phosphoric acid groups is 1. The van der Waals surface area contributed by atoms with Gasteiger partial charge in [-0.05, 0) is 6.26 Å². The maximum atomic E-state index is 11.8. The minimum atomic E-state index is -4.68. The summed E-state index contributed by atoms with van der Waals surface area (Å²) in [5, 5.41) is 9.84. The summed E-state index contributed by atoms with van der Waals surface area (Å²) in [5.74, 6) is 0. The smallest absolute Gasteiger partial charge is 0.390 e. The number of aromatic nitrogens is 2. The van der Waals surface area contributed by atoms with E-state index >= 15 is 0 Å². The maximum Gasteiger partial charge on any atom is 0.469 e. The van der Waals surface area contributed by atoms with E-state index in [0.717, 1.165) is 16.3 Å². The molecule has 22 heavy (non-hydrogen) atoms. The van der Waals surface area contributed by atoms with Gasteiger partial charge in [-0.3, -0.25) is 18.9 Å². The number of ether oxygens (including phenoxy) is 1. The van der Waals surface area contributed by atoms with Crippen molar-refractivity contribution in [3.05, 3.63) is 27.0 Å². The van der Waals surface area contributed by atoms with Crippen LogP contribution in [0.4, 0.5) is 0 Å². The van der Waals surface area contributed by atoms with Crippen LogP contribution in [0.1, 0.15) is 12.6 Å². The van der Waals surface area contributed by atoms with Crippen molar-refractivity contribution in [1.29, 1.82) is 0 Å². The van der Waals surface area contributed by atoms with E-state index in [9.17, 15) is 19.3 Å². The Labute approximate surface area is 128 Å². The molecule has 3 atom stereocenters. The van der Waals surface area contributed by atoms with Crippen LogP contribution in [0.15, 0.2) is 20.7 Å². The van der Waals surface area contributed by atoms with Gasteiger partial charge in [0.1, 0.15) is 12.3 Å². The highest BCUT2D eigenvalue weighted by Gasteiger charge is 2.37. The Hall–Kier alpha value is -0.940. The van der Waals surface area contributed by atoms with E-state index in [-0.39, 0.29) is 6.42 Å². The van der Waals surface area contributed by atoms with Crippen LogP contribution < -0.4 is 11.2 Å². The first-order chi connectivity index (χ1) is 10.2. The molecule has 1 saturated heterocycles. The topological polar surface area (TPSA) is 151 Å². The van der Waals surface area contributed by atoms with E-state index in [1.807, 2.05) is 0 Å². The van der Waals surface area contributed by atoms with Crippen LogP contribution in [0.3, 0.4) is 0 Å². The number of aliphatic hydroxyl groups excluding tert-OH is 1. The van der Waals surface area contributed by atoms with Gasteiger partial charge in [-0.2, -0.15) is 0 Å². The first-order valence-corrected chi connectivity index (χ1v) is 8.90. The Kier molecular flexibility index (Phi) is 5.28. The van der Waals surface area contributed by atoms with Gasteiger partial charge in [-0.25, -0.2) is 9.36 Å². The zero-order valence-corrected chi connectivity index (χ0v) is 13.1. The minimum absolute atomic E-state index is 0.0228. The Balaban J connectivity index is 2.17. The summed E-state index contributed by atoms with van der Waals surface area (Å²) in [6.07, 6.45) is 0.0862. The molecule has 1 aliphatic heterocycles. The van der Waals surface area contributed by atoms with Crippen LogP contribution in [0.25, 0.3) is 0 Å². The molecule has 0 spiro atoms. The molecule has 124 valence electrons. The van der Waals surface area contributed by atoms with Gasteiger partial charge >= 0.3 is 13.5 Å². The number of H-pyrrole nitrogens is 1. The van der Waals surface area contributed by atoms with Gasteiger partial charge in [0.25, 0.3) is 5.56 Å². The zero-order valence-electron chi connectivity index (χ0n) is 11.4. The van der Waals surface area contributed by atoms with Crippen molar-refractivity contribution >= 4 is 19.6 Å². The van der Waals surface area contributed by atoms with E-state index in [1.165, 1.54) is 6.20 Å². The molecule has 12 heteroatoms. The van der Waals surface area contributed by atoms with E-state index in [0.29, 0.717) is 4.90 Å². The third-order valence-electron chi connectivity index (χ3n) is 3.08. The van der Waals surface area contributed by atoms with Gasteiger partial charge in [0, 0.05) is 12.6 Å². The molecule has 0 aromatic carbocycles. The number of aromatic amines is 1. The van der Waals surface area contributed by atoms with Gasteiger partial charge in [0.2, 0.25) is 0 Å². The van der Waals surface area contributed by atoms with Gasteiger partial charge < -0.3 is 19.6 Å². The van der Waals surface area contributed by atoms with Gasteiger partial charge in [-0.15, -0.1) is 11.8 Å². The van der Waals surface area contributed by atoms with Crippen molar-refractivity contribution in [1.82, 2.24) is 9.55 Å². The molecule has 1 aromatic rings. The Morgan fingerprint density at radius 3 is 2.82 bits per heavy atom. The average molecular weight is 354 g/mol. The second-order valence-electron chi connectivity index (χ2n) is 4.58. The average Bonchev–Trinajstić information content (AvgIpc) is 2.77. The fourth-order valence-electron chi connectivity index (χ4n) is 2.03. The van der Waals surface area contributed by atoms with Crippen LogP contribution in [0, 0.1) is 0 Å². The summed E-state index contributed by atoms with van der Waals surface area (Å²) in [6.45, 7) is -0.518. The van der Waals surface area contributed by atoms with Crippen LogP contribution >= 0.6 is 19.6 Å². The highest BCUT2D eigenvalue weighted by molar-refractivity contribution is 7.98. The van der Waals surface area contributed by atoms with E-state index in [4.69, 9.17) is 14.5 Å². The van der Waals surface area contributed by atoms with Crippen LogP contribution in [0.2, 0.25) is 0 Å². The summed E-state index contributed by atoms with van der Waals surface area (Å²) in [7, 11) is -4.68. The lowest BCUT2D eigenvalue weighted by Gasteiger charge is -2.16. The first kappa shape index (κ1) is 17.4. The summed E-state index contributed by atoms with van der Waals surface area (Å²) < 4.78 is 21.5. The van der Waals surface area contributed by atoms with Crippen molar-refractivity contribution in [2.45, 2.75) is 29.8 Å². The number of rotatable bonds is 5. The third-order valence-corrected chi connectivity index (χ3v) is 4.29. The molecule has 1 aliphatic rings. The molecular formula is C10H15N2O8PS. The van der Waals surface area contributed by atoms with E-state index in [2.05, 4.69) is 9.51 Å². The molecule has 4 N–H and O–H groups in total. The number of hydrogen-bond donors (Lipinski definition) is 4. The SMILES string of the molecule is CSc1cn([C@H]2C[C@H](O)[C@@H](COP(=O)(O)O)O2)c(=O)[nH]c1=O. The fourth-order valence-corrected chi connectivity index (χ4v) is 2.83. The summed E-state index contributed by atoms with van der Waals surface area (Å²) in [4.78, 5) is 43.0. The van der Waals surface area contributed by atoms with Crippen molar-refractivity contribution in [2.24, 2.45) is 0 Å². The van der Waals surface area contributed by atoms with E-state index < -0.39 is 44.1 Å². The van der Waals surface area contributed by atoms with Crippen LogP contribution in [-0.2, 0) is 13.8 Å². The molecule has 2 heterocycles. The van der Waals surface area contributed by atoms with Gasteiger partial charge in [0.15, 0.2) is 0 Å². The lowest BCUT2D eigenvalue weighted by Crippen LogP contribution is -2.33. The molecule has 10 nitrogen and oxygen atoms in total. The molecular weight excluding hydrogens is 339 g/mol. The Morgan fingerprint density at radius 2 is 2.23 bits per heavy atom. The second-order valence-corrected chi connectivity index (χ2v) is 6.67. The molecule has 2 rings (SSSR count). The Bertz CT molecular complexity index is 697.